The Hall–Kier alpha value is -1.04. The maximum absolute atomic E-state index is 13.0. The molecule has 6 heteroatoms. The quantitative estimate of drug-likeness (QED) is 0.718. The van der Waals surface area contributed by atoms with Crippen LogP contribution in [-0.4, -0.2) is 40.9 Å². The molecule has 1 heterocycles. The second-order valence-electron chi connectivity index (χ2n) is 4.48. The van der Waals surface area contributed by atoms with Crippen LogP contribution < -0.4 is 0 Å². The fourth-order valence-corrected chi connectivity index (χ4v) is 2.42. The number of nitrogens with zero attached hydrogens (tertiary/aromatic N) is 1. The highest BCUT2D eigenvalue weighted by molar-refractivity contribution is 6.00. The van der Waals surface area contributed by atoms with Crippen molar-refractivity contribution in [2.75, 3.05) is 13.2 Å². The summed E-state index contributed by atoms with van der Waals surface area (Å²) < 4.78 is 25.9. The smallest absolute Gasteiger partial charge is 0.288 e. The van der Waals surface area contributed by atoms with Crippen molar-refractivity contribution in [2.24, 2.45) is 11.8 Å². The molecular formula is C10H13F2NO3. The van der Waals surface area contributed by atoms with Crippen LogP contribution in [0.4, 0.5) is 8.78 Å². The van der Waals surface area contributed by atoms with Crippen LogP contribution in [0.3, 0.4) is 0 Å². The van der Waals surface area contributed by atoms with Gasteiger partial charge in [0, 0.05) is 11.8 Å². The number of amides is 2. The van der Waals surface area contributed by atoms with Crippen molar-refractivity contribution in [3.05, 3.63) is 0 Å². The molecule has 2 fully saturated rings. The normalized spacial score (nSPS) is 30.1. The Labute approximate surface area is 91.2 Å². The Bertz CT molecular complexity index is 310. The molecule has 0 radical (unpaired) electrons. The molecule has 2 bridgehead atoms. The standard InChI is InChI=1S/C10H13F2NO3/c11-10(12,5-14)4-13-8(15)6-1-2-7(3-6)9(13)16/h6-7,14H,1-5H2. The summed E-state index contributed by atoms with van der Waals surface area (Å²) in [4.78, 5) is 24.0. The van der Waals surface area contributed by atoms with Crippen LogP contribution in [0.5, 0.6) is 0 Å². The van der Waals surface area contributed by atoms with Gasteiger partial charge in [-0.3, -0.25) is 14.5 Å². The lowest BCUT2D eigenvalue weighted by molar-refractivity contribution is -0.161. The van der Waals surface area contributed by atoms with Crippen LogP contribution in [0, 0.1) is 11.8 Å². The van der Waals surface area contributed by atoms with Crippen LogP contribution in [-0.2, 0) is 9.59 Å². The average molecular weight is 233 g/mol. The average Bonchev–Trinajstić information content (AvgIpc) is 2.69. The van der Waals surface area contributed by atoms with E-state index in [-0.39, 0.29) is 11.8 Å². The molecule has 2 amide bonds. The lowest BCUT2D eigenvalue weighted by Crippen LogP contribution is -2.51. The number of alkyl halides is 2. The summed E-state index contributed by atoms with van der Waals surface area (Å²) in [7, 11) is 0. The predicted octanol–water partition coefficient (Wildman–Crippen LogP) is 0.399. The highest BCUT2D eigenvalue weighted by Crippen LogP contribution is 2.38. The molecule has 0 aromatic rings. The number of carbonyl (C=O) groups excluding carboxylic acids is 2. The van der Waals surface area contributed by atoms with Gasteiger partial charge in [0.15, 0.2) is 0 Å². The molecule has 2 atom stereocenters. The van der Waals surface area contributed by atoms with Gasteiger partial charge in [-0.2, -0.15) is 0 Å². The fraction of sp³-hybridized carbons (Fsp3) is 0.800. The Morgan fingerprint density at radius 1 is 1.25 bits per heavy atom. The first kappa shape index (κ1) is 11.4. The molecule has 0 aromatic heterocycles. The van der Waals surface area contributed by atoms with Gasteiger partial charge in [0.1, 0.15) is 6.61 Å². The van der Waals surface area contributed by atoms with E-state index in [1.165, 1.54) is 0 Å². The third-order valence-corrected chi connectivity index (χ3v) is 3.28. The number of likely N-dealkylation sites (tertiary alicyclic amines) is 1. The van der Waals surface area contributed by atoms with E-state index in [4.69, 9.17) is 5.11 Å². The van der Waals surface area contributed by atoms with E-state index in [9.17, 15) is 18.4 Å². The number of imide groups is 1. The molecule has 1 saturated carbocycles. The van der Waals surface area contributed by atoms with Crippen LogP contribution >= 0.6 is 0 Å². The maximum Gasteiger partial charge on any atom is 0.288 e. The number of rotatable bonds is 3. The zero-order valence-electron chi connectivity index (χ0n) is 8.66. The zero-order chi connectivity index (χ0) is 11.9. The third kappa shape index (κ3) is 1.81. The molecule has 4 nitrogen and oxygen atoms in total. The molecular weight excluding hydrogens is 220 g/mol. The molecule has 1 aliphatic carbocycles. The number of halogens is 2. The topological polar surface area (TPSA) is 57.6 Å². The number of aliphatic hydroxyl groups is 1. The van der Waals surface area contributed by atoms with Crippen LogP contribution in [0.1, 0.15) is 19.3 Å². The Balaban J connectivity index is 2.14. The number of fused-ring (bicyclic) bond motifs is 2. The van der Waals surface area contributed by atoms with Gasteiger partial charge in [0.05, 0.1) is 6.54 Å². The van der Waals surface area contributed by atoms with Gasteiger partial charge in [0.25, 0.3) is 5.92 Å². The van der Waals surface area contributed by atoms with Gasteiger partial charge >= 0.3 is 0 Å². The van der Waals surface area contributed by atoms with Crippen molar-refractivity contribution >= 4 is 11.8 Å². The van der Waals surface area contributed by atoms with Gasteiger partial charge in [-0.25, -0.2) is 8.78 Å². The second kappa shape index (κ2) is 3.76. The van der Waals surface area contributed by atoms with E-state index in [1.54, 1.807) is 0 Å². The lowest BCUT2D eigenvalue weighted by atomic mass is 9.97. The highest BCUT2D eigenvalue weighted by atomic mass is 19.3. The minimum absolute atomic E-state index is 0.280. The van der Waals surface area contributed by atoms with Crippen molar-refractivity contribution in [1.29, 1.82) is 0 Å². The van der Waals surface area contributed by atoms with Gasteiger partial charge in [-0.05, 0) is 19.3 Å². The summed E-state index contributed by atoms with van der Waals surface area (Å²) in [5, 5.41) is 8.45. The summed E-state index contributed by atoms with van der Waals surface area (Å²) in [6.45, 7) is -2.34. The minimum Gasteiger partial charge on any atom is -0.390 e. The molecule has 2 unspecified atom stereocenters. The van der Waals surface area contributed by atoms with E-state index in [0.29, 0.717) is 24.2 Å². The summed E-state index contributed by atoms with van der Waals surface area (Å²) in [5.41, 5.74) is 0. The number of carbonyl (C=O) groups is 2. The van der Waals surface area contributed by atoms with Gasteiger partial charge in [-0.1, -0.05) is 0 Å². The van der Waals surface area contributed by atoms with Crippen molar-refractivity contribution in [1.82, 2.24) is 4.90 Å². The van der Waals surface area contributed by atoms with Crippen molar-refractivity contribution in [3.63, 3.8) is 0 Å². The first-order valence-electron chi connectivity index (χ1n) is 5.28. The highest BCUT2D eigenvalue weighted by Gasteiger charge is 2.48. The van der Waals surface area contributed by atoms with Gasteiger partial charge in [-0.15, -0.1) is 0 Å². The number of piperidine rings is 1. The zero-order valence-corrected chi connectivity index (χ0v) is 8.66. The van der Waals surface area contributed by atoms with E-state index < -0.39 is 30.9 Å². The van der Waals surface area contributed by atoms with Crippen LogP contribution in [0.2, 0.25) is 0 Å². The molecule has 0 aromatic carbocycles. The molecule has 90 valence electrons. The molecule has 0 spiro atoms. The molecule has 16 heavy (non-hydrogen) atoms. The predicted molar refractivity (Wildman–Crippen MR) is 49.6 cm³/mol. The largest absolute Gasteiger partial charge is 0.390 e. The first-order chi connectivity index (χ1) is 7.44. The van der Waals surface area contributed by atoms with Crippen molar-refractivity contribution < 1.29 is 23.5 Å². The van der Waals surface area contributed by atoms with Crippen molar-refractivity contribution in [3.8, 4) is 0 Å². The van der Waals surface area contributed by atoms with Crippen molar-refractivity contribution in [2.45, 2.75) is 25.2 Å². The lowest BCUT2D eigenvalue weighted by Gasteiger charge is -2.31. The second-order valence-corrected chi connectivity index (χ2v) is 4.48. The minimum atomic E-state index is -3.40. The fourth-order valence-electron chi connectivity index (χ4n) is 2.42. The van der Waals surface area contributed by atoms with Gasteiger partial charge in [0.2, 0.25) is 11.8 Å². The summed E-state index contributed by atoms with van der Waals surface area (Å²) in [5.74, 6) is -4.98. The summed E-state index contributed by atoms with van der Waals surface area (Å²) in [6, 6.07) is 0. The number of aliphatic hydroxyl groups excluding tert-OH is 1. The number of hydrogen-bond acceptors (Lipinski definition) is 3. The van der Waals surface area contributed by atoms with Crippen LogP contribution in [0.15, 0.2) is 0 Å². The Morgan fingerprint density at radius 2 is 1.75 bits per heavy atom. The SMILES string of the molecule is O=C1C2CCC(C2)C(=O)N1CC(F)(F)CO. The molecule has 2 rings (SSSR count). The van der Waals surface area contributed by atoms with E-state index in [2.05, 4.69) is 0 Å². The Kier molecular flexibility index (Phi) is 2.69. The number of hydrogen-bond donors (Lipinski definition) is 1. The maximum atomic E-state index is 13.0. The molecule has 1 aliphatic heterocycles. The first-order valence-corrected chi connectivity index (χ1v) is 5.28. The summed E-state index contributed by atoms with van der Waals surface area (Å²) >= 11 is 0. The van der Waals surface area contributed by atoms with E-state index in [0.717, 1.165) is 0 Å². The van der Waals surface area contributed by atoms with E-state index >= 15 is 0 Å². The Morgan fingerprint density at radius 3 is 2.19 bits per heavy atom. The molecule has 1 N–H and O–H groups in total. The summed E-state index contributed by atoms with van der Waals surface area (Å²) in [6.07, 6.45) is 1.71. The third-order valence-electron chi connectivity index (χ3n) is 3.28. The van der Waals surface area contributed by atoms with Gasteiger partial charge < -0.3 is 5.11 Å². The van der Waals surface area contributed by atoms with Crippen LogP contribution in [0.25, 0.3) is 0 Å². The molecule has 1 saturated heterocycles. The molecule has 2 aliphatic rings. The van der Waals surface area contributed by atoms with E-state index in [1.807, 2.05) is 0 Å². The monoisotopic (exact) mass is 233 g/mol.